The fourth-order valence-corrected chi connectivity index (χ4v) is 1.62. The molecule has 1 atom stereocenters. The van der Waals surface area contributed by atoms with Crippen LogP contribution in [0.25, 0.3) is 0 Å². The third-order valence-electron chi connectivity index (χ3n) is 2.31. The largest absolute Gasteiger partial charge is 0.396 e. The predicted octanol–water partition coefficient (Wildman–Crippen LogP) is -0.421. The van der Waals surface area contributed by atoms with Gasteiger partial charge in [0.1, 0.15) is 0 Å². The molecule has 1 amide bonds. The molecule has 0 bridgehead atoms. The fourth-order valence-electron chi connectivity index (χ4n) is 1.62. The molecule has 1 fully saturated rings. The van der Waals surface area contributed by atoms with Gasteiger partial charge in [-0.1, -0.05) is 0 Å². The van der Waals surface area contributed by atoms with Gasteiger partial charge in [0.25, 0.3) is 0 Å². The van der Waals surface area contributed by atoms with Crippen molar-refractivity contribution in [2.24, 2.45) is 0 Å². The normalized spacial score (nSPS) is 22.4. The lowest BCUT2D eigenvalue weighted by Crippen LogP contribution is -2.37. The van der Waals surface area contributed by atoms with E-state index < -0.39 is 0 Å². The van der Waals surface area contributed by atoms with Gasteiger partial charge in [-0.15, -0.1) is 0 Å². The first kappa shape index (κ1) is 10.5. The van der Waals surface area contributed by atoms with E-state index in [9.17, 15) is 4.79 Å². The molecule has 1 aliphatic rings. The molecule has 0 radical (unpaired) electrons. The lowest BCUT2D eigenvalue weighted by molar-refractivity contribution is -0.119. The standard InChI is InChI=1S/C9H18N2O2/c1-11(5-2-6-12)7-8-3-4-9(13)10-8/h8,12H,2-7H2,1H3,(H,10,13). The van der Waals surface area contributed by atoms with Crippen molar-refractivity contribution in [3.63, 3.8) is 0 Å². The number of amides is 1. The van der Waals surface area contributed by atoms with E-state index in [-0.39, 0.29) is 12.5 Å². The number of likely N-dealkylation sites (N-methyl/N-ethyl adjacent to an activating group) is 1. The predicted molar refractivity (Wildman–Crippen MR) is 50.4 cm³/mol. The zero-order valence-corrected chi connectivity index (χ0v) is 8.12. The highest BCUT2D eigenvalue weighted by molar-refractivity contribution is 5.78. The Balaban J connectivity index is 2.13. The van der Waals surface area contributed by atoms with E-state index in [1.165, 1.54) is 0 Å². The number of carbonyl (C=O) groups is 1. The molecule has 2 N–H and O–H groups in total. The van der Waals surface area contributed by atoms with Crippen molar-refractivity contribution in [2.75, 3.05) is 26.7 Å². The van der Waals surface area contributed by atoms with Crippen molar-refractivity contribution < 1.29 is 9.90 Å². The average molecular weight is 186 g/mol. The van der Waals surface area contributed by atoms with Crippen LogP contribution in [-0.2, 0) is 4.79 Å². The lowest BCUT2D eigenvalue weighted by Gasteiger charge is -2.20. The van der Waals surface area contributed by atoms with Crippen LogP contribution in [0.1, 0.15) is 19.3 Å². The van der Waals surface area contributed by atoms with Gasteiger partial charge < -0.3 is 15.3 Å². The van der Waals surface area contributed by atoms with E-state index in [0.717, 1.165) is 25.9 Å². The van der Waals surface area contributed by atoms with Crippen molar-refractivity contribution >= 4 is 5.91 Å². The molecule has 4 nitrogen and oxygen atoms in total. The molecule has 0 aliphatic carbocycles. The van der Waals surface area contributed by atoms with Crippen LogP contribution in [0.2, 0.25) is 0 Å². The molecule has 0 saturated carbocycles. The van der Waals surface area contributed by atoms with Crippen LogP contribution in [0.15, 0.2) is 0 Å². The minimum atomic E-state index is 0.167. The Morgan fingerprint density at radius 3 is 3.00 bits per heavy atom. The number of nitrogens with one attached hydrogen (secondary N) is 1. The highest BCUT2D eigenvalue weighted by Crippen LogP contribution is 2.07. The molecule has 1 saturated heterocycles. The van der Waals surface area contributed by atoms with E-state index in [1.54, 1.807) is 0 Å². The lowest BCUT2D eigenvalue weighted by atomic mass is 10.2. The van der Waals surface area contributed by atoms with Gasteiger partial charge in [0.15, 0.2) is 0 Å². The fraction of sp³-hybridized carbons (Fsp3) is 0.889. The second kappa shape index (κ2) is 5.19. The Morgan fingerprint density at radius 2 is 2.46 bits per heavy atom. The summed E-state index contributed by atoms with van der Waals surface area (Å²) in [6.45, 7) is 2.02. The molecular weight excluding hydrogens is 168 g/mol. The van der Waals surface area contributed by atoms with Crippen LogP contribution in [0.3, 0.4) is 0 Å². The zero-order valence-electron chi connectivity index (χ0n) is 8.12. The van der Waals surface area contributed by atoms with E-state index in [0.29, 0.717) is 12.5 Å². The summed E-state index contributed by atoms with van der Waals surface area (Å²) >= 11 is 0. The molecule has 0 aromatic carbocycles. The van der Waals surface area contributed by atoms with E-state index in [4.69, 9.17) is 5.11 Å². The van der Waals surface area contributed by atoms with Gasteiger partial charge in [-0.3, -0.25) is 4.79 Å². The molecule has 0 aromatic heterocycles. The first-order chi connectivity index (χ1) is 6.22. The van der Waals surface area contributed by atoms with Gasteiger partial charge in [0.2, 0.25) is 5.91 Å². The number of rotatable bonds is 5. The maximum absolute atomic E-state index is 10.9. The van der Waals surface area contributed by atoms with Gasteiger partial charge in [0, 0.05) is 32.2 Å². The van der Waals surface area contributed by atoms with Crippen LogP contribution >= 0.6 is 0 Å². The Kier molecular flexibility index (Phi) is 4.18. The van der Waals surface area contributed by atoms with Crippen molar-refractivity contribution in [3.05, 3.63) is 0 Å². The Morgan fingerprint density at radius 1 is 1.69 bits per heavy atom. The minimum absolute atomic E-state index is 0.167. The summed E-state index contributed by atoms with van der Waals surface area (Å²) in [4.78, 5) is 13.0. The van der Waals surface area contributed by atoms with Crippen LogP contribution in [0.4, 0.5) is 0 Å². The first-order valence-electron chi connectivity index (χ1n) is 4.81. The molecule has 76 valence electrons. The van der Waals surface area contributed by atoms with Crippen LogP contribution in [0.5, 0.6) is 0 Å². The summed E-state index contributed by atoms with van der Waals surface area (Å²) in [7, 11) is 2.01. The molecule has 1 rings (SSSR count). The quantitative estimate of drug-likeness (QED) is 0.613. The van der Waals surface area contributed by atoms with Gasteiger partial charge >= 0.3 is 0 Å². The second-order valence-corrected chi connectivity index (χ2v) is 3.64. The number of aliphatic hydroxyl groups excluding tert-OH is 1. The maximum Gasteiger partial charge on any atom is 0.220 e. The smallest absolute Gasteiger partial charge is 0.220 e. The number of hydrogen-bond donors (Lipinski definition) is 2. The van der Waals surface area contributed by atoms with E-state index >= 15 is 0 Å². The van der Waals surface area contributed by atoms with Gasteiger partial charge in [-0.2, -0.15) is 0 Å². The Hall–Kier alpha value is -0.610. The highest BCUT2D eigenvalue weighted by Gasteiger charge is 2.21. The first-order valence-corrected chi connectivity index (χ1v) is 4.81. The molecule has 0 aromatic rings. The average Bonchev–Trinajstić information content (AvgIpc) is 2.48. The second-order valence-electron chi connectivity index (χ2n) is 3.64. The van der Waals surface area contributed by atoms with Crippen molar-refractivity contribution in [1.82, 2.24) is 10.2 Å². The van der Waals surface area contributed by atoms with E-state index in [1.807, 2.05) is 7.05 Å². The van der Waals surface area contributed by atoms with Crippen molar-refractivity contribution in [1.29, 1.82) is 0 Å². The Bertz CT molecular complexity index is 173. The number of aliphatic hydroxyl groups is 1. The molecule has 4 heteroatoms. The molecule has 1 heterocycles. The van der Waals surface area contributed by atoms with E-state index in [2.05, 4.69) is 10.2 Å². The Labute approximate surface area is 78.9 Å². The summed E-state index contributed by atoms with van der Waals surface area (Å²) < 4.78 is 0. The maximum atomic E-state index is 10.9. The summed E-state index contributed by atoms with van der Waals surface area (Å²) in [6, 6.07) is 0.316. The third kappa shape index (κ3) is 3.74. The molecule has 1 unspecified atom stereocenters. The van der Waals surface area contributed by atoms with Gasteiger partial charge in [-0.25, -0.2) is 0 Å². The number of carbonyl (C=O) groups excluding carboxylic acids is 1. The highest BCUT2D eigenvalue weighted by atomic mass is 16.3. The summed E-state index contributed by atoms with van der Waals surface area (Å²) in [5.41, 5.74) is 0. The number of nitrogens with zero attached hydrogens (tertiary/aromatic N) is 1. The van der Waals surface area contributed by atoms with Crippen LogP contribution in [-0.4, -0.2) is 48.7 Å². The molecular formula is C9H18N2O2. The number of hydrogen-bond acceptors (Lipinski definition) is 3. The minimum Gasteiger partial charge on any atom is -0.396 e. The zero-order chi connectivity index (χ0) is 9.68. The molecule has 1 aliphatic heterocycles. The summed E-state index contributed by atoms with van der Waals surface area (Å²) in [5, 5.41) is 11.5. The van der Waals surface area contributed by atoms with Crippen molar-refractivity contribution in [2.45, 2.75) is 25.3 Å². The van der Waals surface area contributed by atoms with Gasteiger partial charge in [0.05, 0.1) is 0 Å². The summed E-state index contributed by atoms with van der Waals surface area (Å²) in [6.07, 6.45) is 2.41. The third-order valence-corrected chi connectivity index (χ3v) is 2.31. The summed E-state index contributed by atoms with van der Waals surface area (Å²) in [5.74, 6) is 0.167. The SMILES string of the molecule is CN(CCCO)CC1CCC(=O)N1. The topological polar surface area (TPSA) is 52.6 Å². The van der Waals surface area contributed by atoms with Gasteiger partial charge in [-0.05, 0) is 19.9 Å². The molecule has 13 heavy (non-hydrogen) atoms. The van der Waals surface area contributed by atoms with Crippen LogP contribution < -0.4 is 5.32 Å². The van der Waals surface area contributed by atoms with Crippen LogP contribution in [0, 0.1) is 0 Å². The van der Waals surface area contributed by atoms with Crippen molar-refractivity contribution in [3.8, 4) is 0 Å². The monoisotopic (exact) mass is 186 g/mol. The molecule has 0 spiro atoms.